The number of nitrogens with zero attached hydrogens (tertiary/aromatic N) is 1. The van der Waals surface area contributed by atoms with Crippen LogP contribution in [0.15, 0.2) is 24.3 Å². The van der Waals surface area contributed by atoms with Crippen LogP contribution in [0.1, 0.15) is 43.9 Å². The van der Waals surface area contributed by atoms with Gasteiger partial charge in [0, 0.05) is 13.1 Å². The van der Waals surface area contributed by atoms with Gasteiger partial charge >= 0.3 is 6.03 Å². The van der Waals surface area contributed by atoms with E-state index in [0.717, 1.165) is 31.8 Å². The first-order valence-electron chi connectivity index (χ1n) is 7.19. The van der Waals surface area contributed by atoms with E-state index in [9.17, 15) is 4.79 Å². The molecule has 1 unspecified atom stereocenters. The number of aryl methyl sites for hydroxylation is 1. The molecule has 1 fully saturated rings. The van der Waals surface area contributed by atoms with Crippen molar-refractivity contribution >= 4 is 6.03 Å². The summed E-state index contributed by atoms with van der Waals surface area (Å²) in [7, 11) is 0. The number of urea groups is 1. The van der Waals surface area contributed by atoms with Crippen molar-refractivity contribution in [3.63, 3.8) is 0 Å². The maximum absolute atomic E-state index is 12.2. The topological polar surface area (TPSA) is 32.3 Å². The summed E-state index contributed by atoms with van der Waals surface area (Å²) in [6.07, 6.45) is 2.23. The Morgan fingerprint density at radius 2 is 1.95 bits per heavy atom. The maximum Gasteiger partial charge on any atom is 0.317 e. The van der Waals surface area contributed by atoms with E-state index >= 15 is 0 Å². The maximum atomic E-state index is 12.2. The fraction of sp³-hybridized carbons (Fsp3) is 0.562. The van der Waals surface area contributed by atoms with E-state index in [2.05, 4.69) is 31.3 Å². The molecule has 1 aromatic rings. The molecule has 0 bridgehead atoms. The van der Waals surface area contributed by atoms with Gasteiger partial charge in [-0.2, -0.15) is 0 Å². The van der Waals surface area contributed by atoms with E-state index < -0.39 is 0 Å². The predicted molar refractivity (Wildman–Crippen MR) is 78.1 cm³/mol. The van der Waals surface area contributed by atoms with E-state index in [1.807, 2.05) is 24.0 Å². The Kier molecular flexibility index (Phi) is 4.46. The molecule has 0 radical (unpaired) electrons. The van der Waals surface area contributed by atoms with Crippen molar-refractivity contribution in [2.45, 2.75) is 39.7 Å². The van der Waals surface area contributed by atoms with Crippen molar-refractivity contribution < 1.29 is 4.79 Å². The molecule has 0 saturated carbocycles. The van der Waals surface area contributed by atoms with Gasteiger partial charge in [-0.15, -0.1) is 0 Å². The summed E-state index contributed by atoms with van der Waals surface area (Å²) in [5.74, 6) is 0.748. The normalized spacial score (nSPS) is 18.2. The molecule has 1 aromatic carbocycles. The van der Waals surface area contributed by atoms with Crippen molar-refractivity contribution in [1.29, 1.82) is 0 Å². The van der Waals surface area contributed by atoms with Crippen molar-refractivity contribution in [3.05, 3.63) is 35.4 Å². The number of carbonyl (C=O) groups is 1. The molecule has 1 aliphatic rings. The van der Waals surface area contributed by atoms with Crippen molar-refractivity contribution in [1.82, 2.24) is 10.2 Å². The van der Waals surface area contributed by atoms with Crippen LogP contribution in [0.3, 0.4) is 0 Å². The highest BCUT2D eigenvalue weighted by atomic mass is 16.2. The molecule has 2 amide bonds. The summed E-state index contributed by atoms with van der Waals surface area (Å²) in [6, 6.07) is 8.35. The van der Waals surface area contributed by atoms with Gasteiger partial charge < -0.3 is 10.2 Å². The monoisotopic (exact) mass is 260 g/mol. The van der Waals surface area contributed by atoms with Gasteiger partial charge in [0.2, 0.25) is 0 Å². The number of nitrogens with one attached hydrogen (secondary N) is 1. The molecule has 0 aliphatic carbocycles. The third kappa shape index (κ3) is 3.49. The van der Waals surface area contributed by atoms with Gasteiger partial charge in [0.15, 0.2) is 0 Å². The molecule has 1 atom stereocenters. The van der Waals surface area contributed by atoms with E-state index in [0.29, 0.717) is 0 Å². The predicted octanol–water partition coefficient (Wildman–Crippen LogP) is 3.50. The summed E-state index contributed by atoms with van der Waals surface area (Å²) in [4.78, 5) is 14.2. The minimum absolute atomic E-state index is 0.0630. The van der Waals surface area contributed by atoms with Crippen LogP contribution in [0, 0.1) is 12.8 Å². The Hall–Kier alpha value is -1.51. The third-order valence-corrected chi connectivity index (χ3v) is 4.07. The third-order valence-electron chi connectivity index (χ3n) is 4.07. The van der Waals surface area contributed by atoms with Crippen LogP contribution >= 0.6 is 0 Å². The van der Waals surface area contributed by atoms with Crippen LogP contribution < -0.4 is 5.32 Å². The number of benzene rings is 1. The highest BCUT2D eigenvalue weighted by molar-refractivity contribution is 5.74. The molecule has 1 saturated heterocycles. The SMILES string of the molecule is Cc1ccccc1C(C)NC(=O)N1CCC(C)CC1. The summed E-state index contributed by atoms with van der Waals surface area (Å²) >= 11 is 0. The van der Waals surface area contributed by atoms with Crippen LogP contribution in [0.5, 0.6) is 0 Å². The molecule has 19 heavy (non-hydrogen) atoms. The molecule has 1 N–H and O–H groups in total. The number of rotatable bonds is 2. The van der Waals surface area contributed by atoms with Gasteiger partial charge in [0.1, 0.15) is 0 Å². The van der Waals surface area contributed by atoms with E-state index in [4.69, 9.17) is 0 Å². The van der Waals surface area contributed by atoms with Crippen LogP contribution in [0.4, 0.5) is 4.79 Å². The second kappa shape index (κ2) is 6.09. The molecule has 1 aliphatic heterocycles. The lowest BCUT2D eigenvalue weighted by Crippen LogP contribution is -2.44. The number of piperidine rings is 1. The van der Waals surface area contributed by atoms with E-state index in [-0.39, 0.29) is 12.1 Å². The second-order valence-corrected chi connectivity index (χ2v) is 5.70. The average Bonchev–Trinajstić information content (AvgIpc) is 2.39. The Bertz CT molecular complexity index is 436. The largest absolute Gasteiger partial charge is 0.331 e. The zero-order chi connectivity index (χ0) is 13.8. The van der Waals surface area contributed by atoms with Crippen molar-refractivity contribution in [2.75, 3.05) is 13.1 Å². The smallest absolute Gasteiger partial charge is 0.317 e. The first-order chi connectivity index (χ1) is 9.08. The number of hydrogen-bond acceptors (Lipinski definition) is 1. The first kappa shape index (κ1) is 13.9. The highest BCUT2D eigenvalue weighted by Gasteiger charge is 2.21. The lowest BCUT2D eigenvalue weighted by molar-refractivity contribution is 0.171. The zero-order valence-corrected chi connectivity index (χ0v) is 12.1. The van der Waals surface area contributed by atoms with Gasteiger partial charge in [-0.05, 0) is 43.7 Å². The van der Waals surface area contributed by atoms with Crippen LogP contribution in [0.25, 0.3) is 0 Å². The summed E-state index contributed by atoms with van der Waals surface area (Å²) in [6.45, 7) is 8.15. The molecule has 104 valence electrons. The summed E-state index contributed by atoms with van der Waals surface area (Å²) in [5, 5.41) is 3.11. The fourth-order valence-corrected chi connectivity index (χ4v) is 2.64. The number of likely N-dealkylation sites (tertiary alicyclic amines) is 1. The number of carbonyl (C=O) groups excluding carboxylic acids is 1. The standard InChI is InChI=1S/C16H24N2O/c1-12-8-10-18(11-9-12)16(19)17-14(3)15-7-5-4-6-13(15)2/h4-7,12,14H,8-11H2,1-3H3,(H,17,19). The van der Waals surface area contributed by atoms with E-state index in [1.165, 1.54) is 11.1 Å². The van der Waals surface area contributed by atoms with Crippen LogP contribution in [-0.2, 0) is 0 Å². The second-order valence-electron chi connectivity index (χ2n) is 5.70. The lowest BCUT2D eigenvalue weighted by Gasteiger charge is -2.31. The molecule has 2 rings (SSSR count). The lowest BCUT2D eigenvalue weighted by atomic mass is 9.99. The van der Waals surface area contributed by atoms with Crippen molar-refractivity contribution in [2.24, 2.45) is 5.92 Å². The summed E-state index contributed by atoms with van der Waals surface area (Å²) < 4.78 is 0. The molecule has 0 aromatic heterocycles. The van der Waals surface area contributed by atoms with Gasteiger partial charge in [-0.3, -0.25) is 0 Å². The minimum atomic E-state index is 0.0630. The Balaban J connectivity index is 1.94. The Labute approximate surface area is 116 Å². The number of amides is 2. The molecule has 0 spiro atoms. The molecule has 3 nitrogen and oxygen atoms in total. The Morgan fingerprint density at radius 3 is 2.58 bits per heavy atom. The van der Waals surface area contributed by atoms with Gasteiger partial charge in [0.05, 0.1) is 6.04 Å². The van der Waals surface area contributed by atoms with Crippen LogP contribution in [-0.4, -0.2) is 24.0 Å². The molecule has 1 heterocycles. The quantitative estimate of drug-likeness (QED) is 0.867. The van der Waals surface area contributed by atoms with Gasteiger partial charge in [-0.25, -0.2) is 4.79 Å². The Morgan fingerprint density at radius 1 is 1.32 bits per heavy atom. The average molecular weight is 260 g/mol. The van der Waals surface area contributed by atoms with Gasteiger partial charge in [0.25, 0.3) is 0 Å². The highest BCUT2D eigenvalue weighted by Crippen LogP contribution is 2.19. The van der Waals surface area contributed by atoms with Crippen molar-refractivity contribution in [3.8, 4) is 0 Å². The summed E-state index contributed by atoms with van der Waals surface area (Å²) in [5.41, 5.74) is 2.42. The molecular formula is C16H24N2O. The van der Waals surface area contributed by atoms with Crippen LogP contribution in [0.2, 0.25) is 0 Å². The van der Waals surface area contributed by atoms with Gasteiger partial charge in [-0.1, -0.05) is 31.2 Å². The zero-order valence-electron chi connectivity index (χ0n) is 12.1. The molecule has 3 heteroatoms. The minimum Gasteiger partial charge on any atom is -0.331 e. The number of hydrogen-bond donors (Lipinski definition) is 1. The first-order valence-corrected chi connectivity index (χ1v) is 7.19. The van der Waals surface area contributed by atoms with E-state index in [1.54, 1.807) is 0 Å². The molecular weight excluding hydrogens is 236 g/mol. The fourth-order valence-electron chi connectivity index (χ4n) is 2.64.